The smallest absolute Gasteiger partial charge is 0.227 e. The van der Waals surface area contributed by atoms with E-state index in [1.807, 2.05) is 0 Å². The highest BCUT2D eigenvalue weighted by Crippen LogP contribution is 2.15. The molecule has 1 heterocycles. The van der Waals surface area contributed by atoms with Crippen molar-refractivity contribution in [1.29, 1.82) is 0 Å². The lowest BCUT2D eigenvalue weighted by Crippen LogP contribution is -2.01. The molecule has 1 nitrogen and oxygen atoms in total. The molecule has 66 valence electrons. The Bertz CT molecular complexity index is 277. The van der Waals surface area contributed by atoms with Gasteiger partial charge in [-0.05, 0) is 22.0 Å². The first kappa shape index (κ1) is 9.51. The fraction of sp³-hybridized carbons (Fsp3) is 0.286. The minimum absolute atomic E-state index is 0.0700. The van der Waals surface area contributed by atoms with E-state index in [0.717, 1.165) is 0 Å². The van der Waals surface area contributed by atoms with Crippen LogP contribution in [0.1, 0.15) is 5.56 Å². The third kappa shape index (κ3) is 2.48. The van der Waals surface area contributed by atoms with E-state index in [4.69, 9.17) is 0 Å². The van der Waals surface area contributed by atoms with Gasteiger partial charge in [0, 0.05) is 22.7 Å². The molecule has 0 aliphatic rings. The van der Waals surface area contributed by atoms with Crippen molar-refractivity contribution < 1.29 is 13.2 Å². The van der Waals surface area contributed by atoms with Gasteiger partial charge < -0.3 is 0 Å². The molecule has 0 atom stereocenters. The largest absolute Gasteiger partial charge is 0.242 e. The van der Waals surface area contributed by atoms with E-state index in [2.05, 4.69) is 20.9 Å². The van der Waals surface area contributed by atoms with Crippen LogP contribution >= 0.6 is 15.9 Å². The monoisotopic (exact) mass is 239 g/mol. The lowest BCUT2D eigenvalue weighted by molar-refractivity contribution is 0.147. The number of nitrogens with zero attached hydrogens (tertiary/aromatic N) is 1. The summed E-state index contributed by atoms with van der Waals surface area (Å²) >= 11 is 3.01. The van der Waals surface area contributed by atoms with Crippen molar-refractivity contribution in [1.82, 2.24) is 4.98 Å². The Labute approximate surface area is 75.7 Å². The maximum atomic E-state index is 12.7. The number of aromatic nitrogens is 1. The lowest BCUT2D eigenvalue weighted by atomic mass is 10.2. The molecule has 0 saturated carbocycles. The SMILES string of the molecule is Fc1ncc(Br)cc1CC(F)F. The molecular weight excluding hydrogens is 235 g/mol. The Kier molecular flexibility index (Phi) is 3.08. The van der Waals surface area contributed by atoms with Gasteiger partial charge in [0.2, 0.25) is 12.4 Å². The first-order valence-corrected chi connectivity index (χ1v) is 3.97. The van der Waals surface area contributed by atoms with Crippen LogP contribution in [0.25, 0.3) is 0 Å². The van der Waals surface area contributed by atoms with Gasteiger partial charge in [-0.15, -0.1) is 0 Å². The van der Waals surface area contributed by atoms with E-state index in [-0.39, 0.29) is 5.56 Å². The summed E-state index contributed by atoms with van der Waals surface area (Å²) in [5, 5.41) is 0. The zero-order valence-electron chi connectivity index (χ0n) is 5.90. The molecule has 1 aromatic rings. The van der Waals surface area contributed by atoms with Gasteiger partial charge in [-0.2, -0.15) is 4.39 Å². The first-order chi connectivity index (χ1) is 5.59. The number of rotatable bonds is 2. The van der Waals surface area contributed by atoms with E-state index in [1.165, 1.54) is 12.3 Å². The normalized spacial score (nSPS) is 10.8. The van der Waals surface area contributed by atoms with E-state index < -0.39 is 18.8 Å². The molecule has 1 rings (SSSR count). The minimum Gasteiger partial charge on any atom is -0.227 e. The van der Waals surface area contributed by atoms with Crippen LogP contribution in [-0.4, -0.2) is 11.4 Å². The quantitative estimate of drug-likeness (QED) is 0.724. The molecule has 0 bridgehead atoms. The molecule has 0 radical (unpaired) electrons. The maximum Gasteiger partial charge on any atom is 0.242 e. The molecule has 0 saturated heterocycles. The van der Waals surface area contributed by atoms with E-state index in [0.29, 0.717) is 4.47 Å². The van der Waals surface area contributed by atoms with Crippen molar-refractivity contribution >= 4 is 15.9 Å². The predicted octanol–water partition coefficient (Wildman–Crippen LogP) is 2.79. The zero-order valence-corrected chi connectivity index (χ0v) is 7.48. The van der Waals surface area contributed by atoms with E-state index in [1.54, 1.807) is 0 Å². The van der Waals surface area contributed by atoms with Gasteiger partial charge in [-0.1, -0.05) is 0 Å². The highest BCUT2D eigenvalue weighted by Gasteiger charge is 2.10. The Morgan fingerprint density at radius 2 is 2.17 bits per heavy atom. The fourth-order valence-corrected chi connectivity index (χ4v) is 1.15. The van der Waals surface area contributed by atoms with Gasteiger partial charge in [-0.3, -0.25) is 0 Å². The van der Waals surface area contributed by atoms with Crippen molar-refractivity contribution in [2.75, 3.05) is 0 Å². The van der Waals surface area contributed by atoms with Crippen molar-refractivity contribution in [3.8, 4) is 0 Å². The summed E-state index contributed by atoms with van der Waals surface area (Å²) in [6.45, 7) is 0. The Morgan fingerprint density at radius 3 is 2.75 bits per heavy atom. The summed E-state index contributed by atoms with van der Waals surface area (Å²) < 4.78 is 36.8. The second-order valence-corrected chi connectivity index (χ2v) is 3.11. The Balaban J connectivity index is 2.90. The zero-order chi connectivity index (χ0) is 9.14. The van der Waals surface area contributed by atoms with Gasteiger partial charge in [-0.25, -0.2) is 13.8 Å². The molecule has 0 spiro atoms. The number of hydrogen-bond acceptors (Lipinski definition) is 1. The highest BCUT2D eigenvalue weighted by atomic mass is 79.9. The second kappa shape index (κ2) is 3.89. The predicted molar refractivity (Wildman–Crippen MR) is 41.6 cm³/mol. The van der Waals surface area contributed by atoms with Gasteiger partial charge >= 0.3 is 0 Å². The number of hydrogen-bond donors (Lipinski definition) is 0. The molecule has 0 fully saturated rings. The second-order valence-electron chi connectivity index (χ2n) is 2.20. The molecule has 0 aromatic carbocycles. The van der Waals surface area contributed by atoms with Crippen LogP contribution < -0.4 is 0 Å². The standard InChI is InChI=1S/C7H5BrF3N/c8-5-1-4(2-6(9)10)7(11)12-3-5/h1,3,6H,2H2. The number of alkyl halides is 2. The van der Waals surface area contributed by atoms with Crippen molar-refractivity contribution in [2.24, 2.45) is 0 Å². The van der Waals surface area contributed by atoms with Crippen LogP contribution in [0, 0.1) is 5.95 Å². The summed E-state index contributed by atoms with van der Waals surface area (Å²) in [6, 6.07) is 1.30. The average molecular weight is 240 g/mol. The highest BCUT2D eigenvalue weighted by molar-refractivity contribution is 9.10. The van der Waals surface area contributed by atoms with Crippen LogP contribution in [0.4, 0.5) is 13.2 Å². The topological polar surface area (TPSA) is 12.9 Å². The molecule has 0 amide bonds. The van der Waals surface area contributed by atoms with Crippen LogP contribution in [-0.2, 0) is 6.42 Å². The molecule has 0 N–H and O–H groups in total. The van der Waals surface area contributed by atoms with Crippen LogP contribution in [0.2, 0.25) is 0 Å². The molecule has 12 heavy (non-hydrogen) atoms. The summed E-state index contributed by atoms with van der Waals surface area (Å²) in [5.74, 6) is -0.835. The van der Waals surface area contributed by atoms with Gasteiger partial charge in [0.1, 0.15) is 0 Å². The van der Waals surface area contributed by atoms with Crippen LogP contribution in [0.3, 0.4) is 0 Å². The Hall–Kier alpha value is -0.580. The third-order valence-electron chi connectivity index (χ3n) is 1.25. The molecular formula is C7H5BrF3N. The number of halogens is 4. The fourth-order valence-electron chi connectivity index (χ4n) is 0.774. The van der Waals surface area contributed by atoms with Crippen LogP contribution in [0.5, 0.6) is 0 Å². The van der Waals surface area contributed by atoms with Gasteiger partial charge in [0.25, 0.3) is 0 Å². The summed E-state index contributed by atoms with van der Waals surface area (Å²) in [4.78, 5) is 3.28. The Morgan fingerprint density at radius 1 is 1.50 bits per heavy atom. The maximum absolute atomic E-state index is 12.7. The lowest BCUT2D eigenvalue weighted by Gasteiger charge is -2.01. The van der Waals surface area contributed by atoms with Gasteiger partial charge in [0.05, 0.1) is 0 Å². The summed E-state index contributed by atoms with van der Waals surface area (Å²) in [5.41, 5.74) is -0.0700. The molecule has 1 aromatic heterocycles. The minimum atomic E-state index is -2.55. The van der Waals surface area contributed by atoms with E-state index >= 15 is 0 Å². The van der Waals surface area contributed by atoms with Crippen molar-refractivity contribution in [2.45, 2.75) is 12.8 Å². The summed E-state index contributed by atoms with van der Waals surface area (Å²) in [7, 11) is 0. The molecule has 0 unspecified atom stereocenters. The van der Waals surface area contributed by atoms with Crippen molar-refractivity contribution in [3.63, 3.8) is 0 Å². The molecule has 5 heteroatoms. The van der Waals surface area contributed by atoms with E-state index in [9.17, 15) is 13.2 Å². The third-order valence-corrected chi connectivity index (χ3v) is 1.69. The number of pyridine rings is 1. The van der Waals surface area contributed by atoms with Gasteiger partial charge in [0.15, 0.2) is 0 Å². The summed E-state index contributed by atoms with van der Waals surface area (Å²) in [6.07, 6.45) is -1.92. The average Bonchev–Trinajstić information content (AvgIpc) is 1.96. The molecule has 0 aliphatic heterocycles. The first-order valence-electron chi connectivity index (χ1n) is 3.17. The van der Waals surface area contributed by atoms with Crippen LogP contribution in [0.15, 0.2) is 16.7 Å². The molecule has 0 aliphatic carbocycles. The van der Waals surface area contributed by atoms with Crippen molar-refractivity contribution in [3.05, 3.63) is 28.2 Å².